The number of hydrogen-bond donors (Lipinski definition) is 3. The van der Waals surface area contributed by atoms with Crippen LogP contribution in [0.2, 0.25) is 0 Å². The van der Waals surface area contributed by atoms with E-state index in [2.05, 4.69) is 46.1 Å². The fourth-order valence-corrected chi connectivity index (χ4v) is 5.57. The third-order valence-electron chi connectivity index (χ3n) is 7.89. The van der Waals surface area contributed by atoms with Crippen molar-refractivity contribution in [1.29, 1.82) is 0 Å². The number of aromatic nitrogens is 3. The molecule has 9 nitrogen and oxygen atoms in total. The maximum atomic E-state index is 12.4. The van der Waals surface area contributed by atoms with Crippen molar-refractivity contribution in [2.45, 2.75) is 75.8 Å². The van der Waals surface area contributed by atoms with Crippen LogP contribution in [0, 0.1) is 0 Å². The number of nitrogens with zero attached hydrogens (tertiary/aromatic N) is 3. The Labute approximate surface area is 229 Å². The third-order valence-corrected chi connectivity index (χ3v) is 7.89. The molecule has 3 N–H and O–H groups in total. The number of amides is 1. The van der Waals surface area contributed by atoms with Gasteiger partial charge in [-0.3, -0.25) is 4.79 Å². The highest BCUT2D eigenvalue weighted by Gasteiger charge is 2.45. The van der Waals surface area contributed by atoms with Gasteiger partial charge >= 0.3 is 0 Å². The van der Waals surface area contributed by atoms with E-state index in [0.717, 1.165) is 42.6 Å². The Morgan fingerprint density at radius 2 is 2.05 bits per heavy atom. The van der Waals surface area contributed by atoms with Crippen LogP contribution in [-0.2, 0) is 28.9 Å². The summed E-state index contributed by atoms with van der Waals surface area (Å²) in [7, 11) is 1.48. The molecule has 1 aromatic heterocycles. The zero-order valence-electron chi connectivity index (χ0n) is 22.8. The summed E-state index contributed by atoms with van der Waals surface area (Å²) in [5, 5.41) is 26.4. The molecule has 5 rings (SSSR count). The number of nitrogens with one attached hydrogen (secondary N) is 2. The molecule has 0 unspecified atom stereocenters. The molecule has 39 heavy (non-hydrogen) atoms. The lowest BCUT2D eigenvalue weighted by molar-refractivity contribution is -0.126. The summed E-state index contributed by atoms with van der Waals surface area (Å²) < 4.78 is 13.2. The molecule has 0 radical (unpaired) electrons. The lowest BCUT2D eigenvalue weighted by Crippen LogP contribution is -2.52. The Kier molecular flexibility index (Phi) is 8.60. The number of rotatable bonds is 12. The maximum absolute atomic E-state index is 12.4. The predicted molar refractivity (Wildman–Crippen MR) is 147 cm³/mol. The van der Waals surface area contributed by atoms with Crippen LogP contribution in [0.5, 0.6) is 5.75 Å². The number of aliphatic hydroxyl groups is 1. The van der Waals surface area contributed by atoms with Gasteiger partial charge in [0, 0.05) is 44.3 Å². The summed E-state index contributed by atoms with van der Waals surface area (Å²) in [4.78, 5) is 12.4. The number of benzene rings is 2. The standard InChI is InChI=1S/C30H39N5O4/c1-3-21-10-11-28-24(14-21)26(16-30(39-28)12-7-13-30)31-17-27(36)25(32-29(37)20-38-2)15-23-19-35(34-33-23)18-22-8-5-4-6-9-22/h4-6,8-11,14,19,25-27,31,36H,3,7,12-13,15-18,20H2,1-2H3,(H,32,37)/t25-,26-,27+/m0/s1. The minimum Gasteiger partial charge on any atom is -0.487 e. The first-order valence-corrected chi connectivity index (χ1v) is 13.9. The fourth-order valence-electron chi connectivity index (χ4n) is 5.57. The quantitative estimate of drug-likeness (QED) is 0.328. The predicted octanol–water partition coefficient (Wildman–Crippen LogP) is 2.96. The highest BCUT2D eigenvalue weighted by molar-refractivity contribution is 5.77. The second kappa shape index (κ2) is 12.3. The van der Waals surface area contributed by atoms with E-state index in [1.165, 1.54) is 19.1 Å². The highest BCUT2D eigenvalue weighted by Crippen LogP contribution is 2.49. The van der Waals surface area contributed by atoms with Crippen molar-refractivity contribution in [2.75, 3.05) is 20.3 Å². The molecule has 9 heteroatoms. The summed E-state index contributed by atoms with van der Waals surface area (Å²) in [6.07, 6.45) is 6.47. The normalized spacial score (nSPS) is 19.0. The minimum atomic E-state index is -0.844. The van der Waals surface area contributed by atoms with Crippen molar-refractivity contribution >= 4 is 5.91 Å². The number of hydrogen-bond acceptors (Lipinski definition) is 7. The first-order valence-electron chi connectivity index (χ1n) is 13.9. The van der Waals surface area contributed by atoms with Gasteiger partial charge in [-0.25, -0.2) is 4.68 Å². The van der Waals surface area contributed by atoms with Gasteiger partial charge < -0.3 is 25.2 Å². The third kappa shape index (κ3) is 6.66. The monoisotopic (exact) mass is 533 g/mol. The van der Waals surface area contributed by atoms with E-state index >= 15 is 0 Å². The molecule has 1 saturated carbocycles. The lowest BCUT2D eigenvalue weighted by Gasteiger charge is -2.48. The Balaban J connectivity index is 1.27. The van der Waals surface area contributed by atoms with E-state index < -0.39 is 12.1 Å². The Morgan fingerprint density at radius 3 is 2.77 bits per heavy atom. The van der Waals surface area contributed by atoms with Crippen molar-refractivity contribution in [3.63, 3.8) is 0 Å². The van der Waals surface area contributed by atoms with Gasteiger partial charge in [0.05, 0.1) is 24.4 Å². The minimum absolute atomic E-state index is 0.0669. The number of aliphatic hydroxyl groups excluding tert-OH is 1. The van der Waals surface area contributed by atoms with Crippen molar-refractivity contribution < 1.29 is 19.4 Å². The fraction of sp³-hybridized carbons (Fsp3) is 0.500. The Bertz CT molecular complexity index is 1240. The van der Waals surface area contributed by atoms with Crippen LogP contribution < -0.4 is 15.4 Å². The van der Waals surface area contributed by atoms with Crippen molar-refractivity contribution in [3.8, 4) is 5.75 Å². The zero-order chi connectivity index (χ0) is 27.2. The zero-order valence-corrected chi connectivity index (χ0v) is 22.8. The van der Waals surface area contributed by atoms with Gasteiger partial charge in [-0.1, -0.05) is 54.6 Å². The first kappa shape index (κ1) is 27.3. The molecule has 3 aromatic rings. The molecule has 1 spiro atoms. The number of carbonyl (C=O) groups is 1. The van der Waals surface area contributed by atoms with Gasteiger partial charge in [-0.2, -0.15) is 0 Å². The molecule has 1 amide bonds. The molecule has 1 fully saturated rings. The van der Waals surface area contributed by atoms with E-state index in [-0.39, 0.29) is 24.2 Å². The van der Waals surface area contributed by atoms with E-state index in [0.29, 0.717) is 25.2 Å². The molecular weight excluding hydrogens is 494 g/mol. The summed E-state index contributed by atoms with van der Waals surface area (Å²) in [6, 6.07) is 16.0. The average molecular weight is 534 g/mol. The summed E-state index contributed by atoms with van der Waals surface area (Å²) in [5.74, 6) is 0.653. The van der Waals surface area contributed by atoms with Gasteiger partial charge in [0.15, 0.2) is 0 Å². The topological polar surface area (TPSA) is 111 Å². The van der Waals surface area contributed by atoms with Crippen LogP contribution >= 0.6 is 0 Å². The number of methoxy groups -OCH3 is 1. The van der Waals surface area contributed by atoms with E-state index in [4.69, 9.17) is 9.47 Å². The van der Waals surface area contributed by atoms with E-state index in [1.54, 1.807) is 4.68 Å². The van der Waals surface area contributed by atoms with Gasteiger partial charge in [-0.15, -0.1) is 5.10 Å². The molecule has 2 heterocycles. The number of aryl methyl sites for hydroxylation is 1. The van der Waals surface area contributed by atoms with Crippen molar-refractivity contribution in [3.05, 3.63) is 77.1 Å². The van der Waals surface area contributed by atoms with Crippen molar-refractivity contribution in [1.82, 2.24) is 25.6 Å². The van der Waals surface area contributed by atoms with Crippen LogP contribution in [0.4, 0.5) is 0 Å². The largest absolute Gasteiger partial charge is 0.487 e. The SMILES string of the molecule is CCc1ccc2c(c1)[C@@H](NC[C@@H](O)[C@H](Cc1cn(Cc3ccccc3)nn1)NC(=O)COC)CC1(CCC1)O2. The molecule has 0 saturated heterocycles. The average Bonchev–Trinajstić information content (AvgIpc) is 3.37. The molecule has 2 aliphatic rings. The van der Waals surface area contributed by atoms with Crippen LogP contribution in [0.1, 0.15) is 61.0 Å². The molecule has 208 valence electrons. The molecule has 0 bridgehead atoms. The van der Waals surface area contributed by atoms with E-state index in [1.807, 2.05) is 36.5 Å². The van der Waals surface area contributed by atoms with Gasteiger partial charge in [0.1, 0.15) is 18.0 Å². The number of ether oxygens (including phenoxy) is 2. The van der Waals surface area contributed by atoms with Crippen LogP contribution in [0.15, 0.2) is 54.7 Å². The van der Waals surface area contributed by atoms with Gasteiger partial charge in [0.25, 0.3) is 0 Å². The second-order valence-electron chi connectivity index (χ2n) is 10.8. The molecule has 1 aliphatic carbocycles. The Morgan fingerprint density at radius 1 is 1.23 bits per heavy atom. The van der Waals surface area contributed by atoms with Crippen LogP contribution in [-0.4, -0.2) is 64.0 Å². The van der Waals surface area contributed by atoms with Gasteiger partial charge in [0.2, 0.25) is 5.91 Å². The van der Waals surface area contributed by atoms with Crippen LogP contribution in [0.25, 0.3) is 0 Å². The molecule has 2 aromatic carbocycles. The smallest absolute Gasteiger partial charge is 0.246 e. The first-order chi connectivity index (χ1) is 19.0. The second-order valence-corrected chi connectivity index (χ2v) is 10.8. The molecule has 3 atom stereocenters. The Hall–Kier alpha value is -3.27. The van der Waals surface area contributed by atoms with Crippen molar-refractivity contribution in [2.24, 2.45) is 0 Å². The van der Waals surface area contributed by atoms with E-state index in [9.17, 15) is 9.90 Å². The van der Waals surface area contributed by atoms with Gasteiger partial charge in [-0.05, 0) is 42.9 Å². The lowest BCUT2D eigenvalue weighted by atomic mass is 9.72. The van der Waals surface area contributed by atoms with Crippen LogP contribution in [0.3, 0.4) is 0 Å². The summed E-state index contributed by atoms with van der Waals surface area (Å²) >= 11 is 0. The molecule has 1 aliphatic heterocycles. The summed E-state index contributed by atoms with van der Waals surface area (Å²) in [6.45, 7) is 2.98. The maximum Gasteiger partial charge on any atom is 0.246 e. The molecular formula is C30H39N5O4. The number of fused-ring (bicyclic) bond motifs is 1. The number of carbonyl (C=O) groups excluding carboxylic acids is 1. The highest BCUT2D eigenvalue weighted by atomic mass is 16.5. The summed E-state index contributed by atoms with van der Waals surface area (Å²) in [5.41, 5.74) is 4.10.